The number of imidazole rings is 1. The molecule has 0 bridgehead atoms. The van der Waals surface area contributed by atoms with Gasteiger partial charge in [0.2, 0.25) is 0 Å². The van der Waals surface area contributed by atoms with Gasteiger partial charge in [-0.2, -0.15) is 0 Å². The second kappa shape index (κ2) is 4.28. The number of hydrogen-bond donors (Lipinski definition) is 1. The Morgan fingerprint density at radius 3 is 2.60 bits per heavy atom. The minimum Gasteiger partial charge on any atom is -0.338 e. The number of aryl methyl sites for hydroxylation is 1. The molecular formula is C12H15N3. The first-order chi connectivity index (χ1) is 7.31. The van der Waals surface area contributed by atoms with Gasteiger partial charge in [0.25, 0.3) is 0 Å². The first-order valence-corrected chi connectivity index (χ1v) is 5.04. The summed E-state index contributed by atoms with van der Waals surface area (Å²) in [6.45, 7) is 0.584. The van der Waals surface area contributed by atoms with Crippen LogP contribution in [0.2, 0.25) is 0 Å². The summed E-state index contributed by atoms with van der Waals surface area (Å²) >= 11 is 0. The van der Waals surface area contributed by atoms with Crippen LogP contribution in [0, 0.1) is 0 Å². The SMILES string of the molecule is Cn1ccnc1Cc1ccccc1CN. The number of aromatic nitrogens is 2. The van der Waals surface area contributed by atoms with E-state index >= 15 is 0 Å². The molecule has 0 aliphatic rings. The quantitative estimate of drug-likeness (QED) is 0.817. The summed E-state index contributed by atoms with van der Waals surface area (Å²) in [7, 11) is 2.01. The van der Waals surface area contributed by atoms with Crippen molar-refractivity contribution in [3.05, 3.63) is 53.6 Å². The van der Waals surface area contributed by atoms with Crippen molar-refractivity contribution in [1.29, 1.82) is 0 Å². The molecule has 0 radical (unpaired) electrons. The first-order valence-electron chi connectivity index (χ1n) is 5.04. The molecule has 3 heteroatoms. The summed E-state index contributed by atoms with van der Waals surface area (Å²) in [5.41, 5.74) is 8.14. The Balaban J connectivity index is 2.28. The van der Waals surface area contributed by atoms with Gasteiger partial charge in [-0.1, -0.05) is 24.3 Å². The van der Waals surface area contributed by atoms with Gasteiger partial charge in [0.05, 0.1) is 0 Å². The Bertz CT molecular complexity index is 446. The highest BCUT2D eigenvalue weighted by atomic mass is 15.0. The lowest BCUT2D eigenvalue weighted by atomic mass is 10.0. The maximum Gasteiger partial charge on any atom is 0.112 e. The van der Waals surface area contributed by atoms with Gasteiger partial charge in [-0.15, -0.1) is 0 Å². The Morgan fingerprint density at radius 1 is 1.27 bits per heavy atom. The van der Waals surface area contributed by atoms with Crippen molar-refractivity contribution in [3.8, 4) is 0 Å². The summed E-state index contributed by atoms with van der Waals surface area (Å²) < 4.78 is 2.04. The van der Waals surface area contributed by atoms with Gasteiger partial charge in [-0.3, -0.25) is 0 Å². The van der Waals surface area contributed by atoms with Crippen LogP contribution >= 0.6 is 0 Å². The molecule has 3 nitrogen and oxygen atoms in total. The molecule has 2 rings (SSSR count). The van der Waals surface area contributed by atoms with Crippen molar-refractivity contribution in [3.63, 3.8) is 0 Å². The van der Waals surface area contributed by atoms with Crippen LogP contribution < -0.4 is 5.73 Å². The predicted octanol–water partition coefficient (Wildman–Crippen LogP) is 1.47. The lowest BCUT2D eigenvalue weighted by Gasteiger charge is -2.07. The van der Waals surface area contributed by atoms with Crippen LogP contribution in [0.25, 0.3) is 0 Å². The van der Waals surface area contributed by atoms with E-state index in [0.717, 1.165) is 12.2 Å². The van der Waals surface area contributed by atoms with Gasteiger partial charge in [0.1, 0.15) is 5.82 Å². The molecule has 0 aliphatic heterocycles. The molecule has 0 saturated heterocycles. The van der Waals surface area contributed by atoms with Crippen molar-refractivity contribution in [2.24, 2.45) is 12.8 Å². The molecule has 0 amide bonds. The average Bonchev–Trinajstić information content (AvgIpc) is 2.65. The largest absolute Gasteiger partial charge is 0.338 e. The molecule has 0 atom stereocenters. The zero-order valence-corrected chi connectivity index (χ0v) is 8.85. The Hall–Kier alpha value is -1.61. The predicted molar refractivity (Wildman–Crippen MR) is 60.3 cm³/mol. The van der Waals surface area contributed by atoms with E-state index in [0.29, 0.717) is 6.54 Å². The summed E-state index contributed by atoms with van der Waals surface area (Å²) in [5, 5.41) is 0. The maximum atomic E-state index is 5.69. The third kappa shape index (κ3) is 2.07. The second-order valence-corrected chi connectivity index (χ2v) is 3.60. The Morgan fingerprint density at radius 2 is 2.00 bits per heavy atom. The molecule has 2 N–H and O–H groups in total. The monoisotopic (exact) mass is 201 g/mol. The Labute approximate surface area is 89.6 Å². The van der Waals surface area contributed by atoms with Gasteiger partial charge in [0.15, 0.2) is 0 Å². The first kappa shape index (κ1) is 9.93. The molecule has 0 spiro atoms. The minimum absolute atomic E-state index is 0.584. The molecule has 0 saturated carbocycles. The van der Waals surface area contributed by atoms with E-state index in [-0.39, 0.29) is 0 Å². The summed E-state index contributed by atoms with van der Waals surface area (Å²) in [4.78, 5) is 4.31. The number of hydrogen-bond acceptors (Lipinski definition) is 2. The van der Waals surface area contributed by atoms with E-state index in [1.807, 2.05) is 36.1 Å². The normalized spacial score (nSPS) is 10.5. The molecule has 78 valence electrons. The van der Waals surface area contributed by atoms with Crippen molar-refractivity contribution in [1.82, 2.24) is 9.55 Å². The Kier molecular flexibility index (Phi) is 2.83. The van der Waals surface area contributed by atoms with E-state index < -0.39 is 0 Å². The molecule has 0 fully saturated rings. The molecule has 0 unspecified atom stereocenters. The molecule has 0 aliphatic carbocycles. The van der Waals surface area contributed by atoms with Gasteiger partial charge in [-0.25, -0.2) is 4.98 Å². The number of rotatable bonds is 3. The van der Waals surface area contributed by atoms with Crippen LogP contribution in [-0.2, 0) is 20.0 Å². The van der Waals surface area contributed by atoms with Crippen molar-refractivity contribution in [2.45, 2.75) is 13.0 Å². The fraction of sp³-hybridized carbons (Fsp3) is 0.250. The topological polar surface area (TPSA) is 43.8 Å². The summed E-state index contributed by atoms with van der Waals surface area (Å²) in [6, 6.07) is 8.23. The molecular weight excluding hydrogens is 186 g/mol. The number of nitrogens with zero attached hydrogens (tertiary/aromatic N) is 2. The van der Waals surface area contributed by atoms with Gasteiger partial charge in [0, 0.05) is 32.4 Å². The van der Waals surface area contributed by atoms with E-state index in [2.05, 4.69) is 17.1 Å². The standard InChI is InChI=1S/C12H15N3/c1-15-7-6-14-12(15)8-10-4-2-3-5-11(10)9-13/h2-7H,8-9,13H2,1H3. The van der Waals surface area contributed by atoms with Gasteiger partial charge < -0.3 is 10.3 Å². The van der Waals surface area contributed by atoms with Crippen LogP contribution in [0.15, 0.2) is 36.7 Å². The average molecular weight is 201 g/mol. The molecule has 15 heavy (non-hydrogen) atoms. The van der Waals surface area contributed by atoms with Gasteiger partial charge in [-0.05, 0) is 11.1 Å². The molecule has 1 aromatic heterocycles. The van der Waals surface area contributed by atoms with Crippen LogP contribution in [-0.4, -0.2) is 9.55 Å². The zero-order chi connectivity index (χ0) is 10.7. The van der Waals surface area contributed by atoms with Crippen molar-refractivity contribution >= 4 is 0 Å². The van der Waals surface area contributed by atoms with E-state index in [1.165, 1.54) is 11.1 Å². The van der Waals surface area contributed by atoms with Crippen molar-refractivity contribution < 1.29 is 0 Å². The maximum absolute atomic E-state index is 5.69. The zero-order valence-electron chi connectivity index (χ0n) is 8.85. The van der Waals surface area contributed by atoms with Crippen LogP contribution in [0.4, 0.5) is 0 Å². The smallest absolute Gasteiger partial charge is 0.112 e. The number of benzene rings is 1. The molecule has 1 heterocycles. The fourth-order valence-electron chi connectivity index (χ4n) is 1.67. The van der Waals surface area contributed by atoms with Crippen LogP contribution in [0.1, 0.15) is 17.0 Å². The minimum atomic E-state index is 0.584. The fourth-order valence-corrected chi connectivity index (χ4v) is 1.67. The van der Waals surface area contributed by atoms with Crippen molar-refractivity contribution in [2.75, 3.05) is 0 Å². The second-order valence-electron chi connectivity index (χ2n) is 3.60. The summed E-state index contributed by atoms with van der Waals surface area (Å²) in [5.74, 6) is 1.07. The highest BCUT2D eigenvalue weighted by Crippen LogP contribution is 2.12. The number of nitrogens with two attached hydrogens (primary N) is 1. The highest BCUT2D eigenvalue weighted by Gasteiger charge is 2.04. The lowest BCUT2D eigenvalue weighted by Crippen LogP contribution is -2.04. The van der Waals surface area contributed by atoms with Crippen LogP contribution in [0.5, 0.6) is 0 Å². The molecule has 2 aromatic rings. The summed E-state index contributed by atoms with van der Waals surface area (Å²) in [6.07, 6.45) is 4.62. The highest BCUT2D eigenvalue weighted by molar-refractivity contribution is 5.29. The third-order valence-corrected chi connectivity index (χ3v) is 2.61. The van der Waals surface area contributed by atoms with Crippen LogP contribution in [0.3, 0.4) is 0 Å². The lowest BCUT2D eigenvalue weighted by molar-refractivity contribution is 0.816. The molecule has 1 aromatic carbocycles. The van der Waals surface area contributed by atoms with E-state index in [1.54, 1.807) is 0 Å². The third-order valence-electron chi connectivity index (χ3n) is 2.61. The van der Waals surface area contributed by atoms with E-state index in [4.69, 9.17) is 5.73 Å². The van der Waals surface area contributed by atoms with Gasteiger partial charge >= 0.3 is 0 Å². The van der Waals surface area contributed by atoms with E-state index in [9.17, 15) is 0 Å².